The number of nitrogens with zero attached hydrogens (tertiary/aromatic N) is 1. The fraction of sp³-hybridized carbons (Fsp3) is 0.545. The summed E-state index contributed by atoms with van der Waals surface area (Å²) >= 11 is 0. The molecule has 1 atom stereocenters. The summed E-state index contributed by atoms with van der Waals surface area (Å²) in [5.41, 5.74) is 0.963. The molecule has 3 nitrogen and oxygen atoms in total. The number of rotatable bonds is 3. The molecule has 1 aliphatic rings. The van der Waals surface area contributed by atoms with Gasteiger partial charge in [-0.1, -0.05) is 0 Å². The van der Waals surface area contributed by atoms with Crippen molar-refractivity contribution in [2.75, 3.05) is 13.2 Å². The quantitative estimate of drug-likeness (QED) is 0.859. The number of aromatic nitrogens is 1. The van der Waals surface area contributed by atoms with Crippen molar-refractivity contribution in [3.8, 4) is 5.75 Å². The van der Waals surface area contributed by atoms with E-state index in [1.165, 1.54) is 12.8 Å². The Hall–Kier alpha value is -0.800. The summed E-state index contributed by atoms with van der Waals surface area (Å²) in [5.74, 6) is 0.904. The minimum Gasteiger partial charge on any atom is -0.490 e. The predicted molar refractivity (Wildman–Crippen MR) is 62.7 cm³/mol. The summed E-state index contributed by atoms with van der Waals surface area (Å²) < 4.78 is 5.70. The highest BCUT2D eigenvalue weighted by Gasteiger charge is 2.14. The van der Waals surface area contributed by atoms with Gasteiger partial charge < -0.3 is 10.1 Å². The number of hydrogen-bond acceptors (Lipinski definition) is 3. The van der Waals surface area contributed by atoms with Crippen LogP contribution in [-0.2, 0) is 0 Å². The Morgan fingerprint density at radius 2 is 2.47 bits per heavy atom. The smallest absolute Gasteiger partial charge is 0.140 e. The van der Waals surface area contributed by atoms with Crippen LogP contribution in [0, 0.1) is 6.92 Å². The Kier molecular flexibility index (Phi) is 4.85. The number of nitrogens with one attached hydrogen (secondary N) is 1. The standard InChI is InChI=1S/C11H16N2O.ClH/c1-9-11(5-3-6-12-9)14-8-10-4-2-7-13-10;/h3,5-6,10,13H,2,4,7-8H2,1H3;1H/t10-;/m0./s1. The molecule has 0 radical (unpaired) electrons. The maximum absolute atomic E-state index is 5.70. The number of halogens is 1. The van der Waals surface area contributed by atoms with Gasteiger partial charge in [0.05, 0.1) is 5.69 Å². The first-order valence-electron chi connectivity index (χ1n) is 5.14. The second kappa shape index (κ2) is 5.93. The van der Waals surface area contributed by atoms with Crippen molar-refractivity contribution in [3.05, 3.63) is 24.0 Å². The van der Waals surface area contributed by atoms with E-state index in [0.29, 0.717) is 6.04 Å². The van der Waals surface area contributed by atoms with E-state index >= 15 is 0 Å². The van der Waals surface area contributed by atoms with Crippen LogP contribution in [0.3, 0.4) is 0 Å². The van der Waals surface area contributed by atoms with Gasteiger partial charge in [0.15, 0.2) is 0 Å². The van der Waals surface area contributed by atoms with Crippen LogP contribution < -0.4 is 10.1 Å². The first-order valence-corrected chi connectivity index (χ1v) is 5.14. The molecule has 1 N–H and O–H groups in total. The van der Waals surface area contributed by atoms with Gasteiger partial charge in [-0.05, 0) is 38.4 Å². The van der Waals surface area contributed by atoms with Crippen LogP contribution in [0.2, 0.25) is 0 Å². The SMILES string of the molecule is Cc1ncccc1OC[C@@H]1CCCN1.Cl. The van der Waals surface area contributed by atoms with Crippen molar-refractivity contribution >= 4 is 12.4 Å². The molecular formula is C11H17ClN2O. The zero-order valence-electron chi connectivity index (χ0n) is 8.90. The number of aryl methyl sites for hydroxylation is 1. The number of ether oxygens (including phenoxy) is 1. The molecule has 1 fully saturated rings. The van der Waals surface area contributed by atoms with E-state index in [4.69, 9.17) is 4.74 Å². The van der Waals surface area contributed by atoms with Crippen LogP contribution in [0.4, 0.5) is 0 Å². The molecule has 0 spiro atoms. The van der Waals surface area contributed by atoms with Crippen molar-refractivity contribution in [2.24, 2.45) is 0 Å². The zero-order valence-corrected chi connectivity index (χ0v) is 9.72. The van der Waals surface area contributed by atoms with Crippen molar-refractivity contribution in [1.29, 1.82) is 0 Å². The zero-order chi connectivity index (χ0) is 9.80. The van der Waals surface area contributed by atoms with Crippen LogP contribution in [-0.4, -0.2) is 24.2 Å². The number of pyridine rings is 1. The summed E-state index contributed by atoms with van der Waals surface area (Å²) in [6.07, 6.45) is 4.27. The monoisotopic (exact) mass is 228 g/mol. The molecule has 0 aromatic carbocycles. The minimum absolute atomic E-state index is 0. The predicted octanol–water partition coefficient (Wildman–Crippen LogP) is 1.94. The Labute approximate surface area is 96.7 Å². The minimum atomic E-state index is 0. The van der Waals surface area contributed by atoms with Gasteiger partial charge in [0.25, 0.3) is 0 Å². The molecule has 1 aliphatic heterocycles. The van der Waals surface area contributed by atoms with Crippen molar-refractivity contribution in [3.63, 3.8) is 0 Å². The highest BCUT2D eigenvalue weighted by molar-refractivity contribution is 5.85. The van der Waals surface area contributed by atoms with E-state index in [1.54, 1.807) is 6.20 Å². The first-order chi connectivity index (χ1) is 6.86. The van der Waals surface area contributed by atoms with E-state index in [9.17, 15) is 0 Å². The Morgan fingerprint density at radius 3 is 3.13 bits per heavy atom. The van der Waals surface area contributed by atoms with Gasteiger partial charge in [0.2, 0.25) is 0 Å². The second-order valence-electron chi connectivity index (χ2n) is 3.69. The average molecular weight is 229 g/mol. The molecule has 15 heavy (non-hydrogen) atoms. The molecule has 84 valence electrons. The molecule has 1 aromatic rings. The Morgan fingerprint density at radius 1 is 1.60 bits per heavy atom. The highest BCUT2D eigenvalue weighted by Crippen LogP contribution is 2.15. The lowest BCUT2D eigenvalue weighted by molar-refractivity contribution is 0.274. The molecule has 0 bridgehead atoms. The lowest BCUT2D eigenvalue weighted by Crippen LogP contribution is -2.28. The van der Waals surface area contributed by atoms with Crippen LogP contribution in [0.5, 0.6) is 5.75 Å². The Balaban J connectivity index is 0.00000112. The van der Waals surface area contributed by atoms with Crippen molar-refractivity contribution in [2.45, 2.75) is 25.8 Å². The molecule has 2 heterocycles. The lowest BCUT2D eigenvalue weighted by atomic mass is 10.2. The van der Waals surface area contributed by atoms with Crippen LogP contribution in [0.15, 0.2) is 18.3 Å². The van der Waals surface area contributed by atoms with Crippen LogP contribution in [0.1, 0.15) is 18.5 Å². The van der Waals surface area contributed by atoms with Crippen LogP contribution >= 0.6 is 12.4 Å². The molecular weight excluding hydrogens is 212 g/mol. The van der Waals surface area contributed by atoms with Gasteiger partial charge in [0.1, 0.15) is 12.4 Å². The highest BCUT2D eigenvalue weighted by atomic mass is 35.5. The van der Waals surface area contributed by atoms with E-state index in [1.807, 2.05) is 19.1 Å². The third-order valence-electron chi connectivity index (χ3n) is 2.56. The van der Waals surface area contributed by atoms with Gasteiger partial charge in [-0.25, -0.2) is 0 Å². The Bertz CT molecular complexity index is 300. The molecule has 0 unspecified atom stereocenters. The fourth-order valence-corrected chi connectivity index (χ4v) is 1.71. The van der Waals surface area contributed by atoms with Gasteiger partial charge in [-0.2, -0.15) is 0 Å². The van der Waals surface area contributed by atoms with Crippen molar-refractivity contribution < 1.29 is 4.74 Å². The van der Waals surface area contributed by atoms with Crippen molar-refractivity contribution in [1.82, 2.24) is 10.3 Å². The van der Waals surface area contributed by atoms with E-state index in [-0.39, 0.29) is 12.4 Å². The average Bonchev–Trinajstić information content (AvgIpc) is 2.69. The number of hydrogen-bond donors (Lipinski definition) is 1. The van der Waals surface area contributed by atoms with Gasteiger partial charge in [-0.3, -0.25) is 4.98 Å². The molecule has 4 heteroatoms. The van der Waals surface area contributed by atoms with E-state index < -0.39 is 0 Å². The molecule has 0 aliphatic carbocycles. The van der Waals surface area contributed by atoms with Crippen LogP contribution in [0.25, 0.3) is 0 Å². The third-order valence-corrected chi connectivity index (χ3v) is 2.56. The van der Waals surface area contributed by atoms with Gasteiger partial charge in [0, 0.05) is 12.2 Å². The lowest BCUT2D eigenvalue weighted by Gasteiger charge is -2.12. The molecule has 1 saturated heterocycles. The largest absolute Gasteiger partial charge is 0.490 e. The second-order valence-corrected chi connectivity index (χ2v) is 3.69. The topological polar surface area (TPSA) is 34.1 Å². The third kappa shape index (κ3) is 3.36. The van der Waals surface area contributed by atoms with Gasteiger partial charge >= 0.3 is 0 Å². The van der Waals surface area contributed by atoms with E-state index in [2.05, 4.69) is 10.3 Å². The van der Waals surface area contributed by atoms with E-state index in [0.717, 1.165) is 24.6 Å². The normalized spacial score (nSPS) is 19.7. The molecule has 2 rings (SSSR count). The molecule has 1 aromatic heterocycles. The molecule has 0 saturated carbocycles. The maximum atomic E-state index is 5.70. The van der Waals surface area contributed by atoms with Gasteiger partial charge in [-0.15, -0.1) is 12.4 Å². The first kappa shape index (κ1) is 12.3. The summed E-state index contributed by atoms with van der Waals surface area (Å²) in [5, 5.41) is 3.40. The summed E-state index contributed by atoms with van der Waals surface area (Å²) in [7, 11) is 0. The summed E-state index contributed by atoms with van der Waals surface area (Å²) in [4.78, 5) is 4.18. The summed E-state index contributed by atoms with van der Waals surface area (Å²) in [6, 6.07) is 4.40. The molecule has 0 amide bonds. The fourth-order valence-electron chi connectivity index (χ4n) is 1.71. The summed E-state index contributed by atoms with van der Waals surface area (Å²) in [6.45, 7) is 3.85. The maximum Gasteiger partial charge on any atom is 0.140 e.